The fourth-order valence-corrected chi connectivity index (χ4v) is 5.96. The second kappa shape index (κ2) is 10.8. The molecule has 0 amide bonds. The zero-order valence-electron chi connectivity index (χ0n) is 21.2. The lowest BCUT2D eigenvalue weighted by Gasteiger charge is -2.21. The number of nitrogens with zero attached hydrogens (tertiary/aromatic N) is 5. The van der Waals surface area contributed by atoms with E-state index in [0.29, 0.717) is 39.8 Å². The summed E-state index contributed by atoms with van der Waals surface area (Å²) in [6.45, 7) is 5.20. The van der Waals surface area contributed by atoms with Crippen LogP contribution in [-0.2, 0) is 10.0 Å². The number of likely N-dealkylation sites (tertiary alicyclic amines) is 1. The Bertz CT molecular complexity index is 1570. The van der Waals surface area contributed by atoms with Gasteiger partial charge in [-0.05, 0) is 98.6 Å². The van der Waals surface area contributed by atoms with Crippen LogP contribution in [0.1, 0.15) is 18.4 Å². The summed E-state index contributed by atoms with van der Waals surface area (Å²) in [5, 5.41) is 22.0. The number of anilines is 2. The summed E-state index contributed by atoms with van der Waals surface area (Å²) in [6.07, 6.45) is 2.35. The number of benzene rings is 3. The average Bonchev–Trinajstić information content (AvgIpc) is 3.42. The van der Waals surface area contributed by atoms with Crippen molar-refractivity contribution < 1.29 is 13.5 Å². The van der Waals surface area contributed by atoms with E-state index in [1.165, 1.54) is 23.2 Å². The number of halogens is 1. The minimum Gasteiger partial charge on any atom is -0.508 e. The molecule has 0 saturated carbocycles. The Balaban J connectivity index is 1.31. The predicted molar refractivity (Wildman–Crippen MR) is 149 cm³/mol. The number of hydrogen-bond donors (Lipinski definition) is 2. The van der Waals surface area contributed by atoms with E-state index in [9.17, 15) is 13.5 Å². The van der Waals surface area contributed by atoms with E-state index in [-0.39, 0.29) is 10.6 Å². The van der Waals surface area contributed by atoms with E-state index in [1.807, 2.05) is 19.1 Å². The maximum Gasteiger partial charge on any atom is 0.247 e. The lowest BCUT2D eigenvalue weighted by Crippen LogP contribution is -2.35. The normalized spacial score (nSPS) is 14.4. The first kappa shape index (κ1) is 26.3. The number of rotatable bonds is 8. The number of aromatic nitrogens is 3. The maximum atomic E-state index is 13.0. The molecule has 9 nitrogen and oxygen atoms in total. The standard InChI is InChI=1S/C27H29ClN6O3S/c1-18-15-25-26(17-22(18)23-16-20(35)7-10-24(23)28)31-32-27(30-25)29-19-5-8-21(9-6-19)38(36,37)33(2)13-14-34-11-3-4-12-34/h5-10,15-17,35H,3-4,11-14H2,1-2H3,(H,29,30,32). The minimum atomic E-state index is -3.58. The highest BCUT2D eigenvalue weighted by Gasteiger charge is 2.22. The van der Waals surface area contributed by atoms with Gasteiger partial charge in [-0.25, -0.2) is 13.4 Å². The van der Waals surface area contributed by atoms with Gasteiger partial charge in [0.05, 0.1) is 10.4 Å². The van der Waals surface area contributed by atoms with E-state index < -0.39 is 10.0 Å². The van der Waals surface area contributed by atoms with Crippen LogP contribution in [0.25, 0.3) is 22.2 Å². The molecule has 0 spiro atoms. The summed E-state index contributed by atoms with van der Waals surface area (Å²) in [5.41, 5.74) is 4.31. The fraction of sp³-hybridized carbons (Fsp3) is 0.296. The Hall–Kier alpha value is -3.31. The largest absolute Gasteiger partial charge is 0.508 e. The van der Waals surface area contributed by atoms with Crippen molar-refractivity contribution in [3.63, 3.8) is 0 Å². The Morgan fingerprint density at radius 1 is 1.00 bits per heavy atom. The van der Waals surface area contributed by atoms with Gasteiger partial charge in [0.25, 0.3) is 0 Å². The van der Waals surface area contributed by atoms with Crippen LogP contribution in [0.5, 0.6) is 5.75 Å². The average molecular weight is 553 g/mol. The molecular formula is C27H29ClN6O3S. The first-order chi connectivity index (χ1) is 18.2. The highest BCUT2D eigenvalue weighted by molar-refractivity contribution is 7.89. The molecule has 198 valence electrons. The van der Waals surface area contributed by atoms with Gasteiger partial charge < -0.3 is 15.3 Å². The molecule has 1 fully saturated rings. The van der Waals surface area contributed by atoms with Crippen LogP contribution in [-0.4, -0.2) is 71.1 Å². The van der Waals surface area contributed by atoms with Crippen molar-refractivity contribution >= 4 is 44.3 Å². The highest BCUT2D eigenvalue weighted by atomic mass is 35.5. The molecule has 38 heavy (non-hydrogen) atoms. The van der Waals surface area contributed by atoms with Crippen molar-refractivity contribution in [3.05, 3.63) is 65.2 Å². The van der Waals surface area contributed by atoms with E-state index in [2.05, 4.69) is 25.4 Å². The zero-order chi connectivity index (χ0) is 26.9. The number of phenols is 1. The van der Waals surface area contributed by atoms with Crippen LogP contribution in [0.15, 0.2) is 59.5 Å². The molecule has 5 rings (SSSR count). The second-order valence-electron chi connectivity index (χ2n) is 9.48. The molecule has 4 aromatic rings. The Morgan fingerprint density at radius 2 is 1.74 bits per heavy atom. The van der Waals surface area contributed by atoms with E-state index in [1.54, 1.807) is 43.4 Å². The monoisotopic (exact) mass is 552 g/mol. The Morgan fingerprint density at radius 3 is 2.47 bits per heavy atom. The van der Waals surface area contributed by atoms with Crippen LogP contribution in [0.4, 0.5) is 11.6 Å². The third-order valence-electron chi connectivity index (χ3n) is 6.79. The van der Waals surface area contributed by atoms with Gasteiger partial charge in [0.15, 0.2) is 0 Å². The van der Waals surface area contributed by atoms with E-state index in [0.717, 1.165) is 30.8 Å². The summed E-state index contributed by atoms with van der Waals surface area (Å²) < 4.78 is 27.4. The van der Waals surface area contributed by atoms with Gasteiger partial charge in [-0.1, -0.05) is 11.6 Å². The van der Waals surface area contributed by atoms with Crippen LogP contribution < -0.4 is 5.32 Å². The molecule has 0 atom stereocenters. The highest BCUT2D eigenvalue weighted by Crippen LogP contribution is 2.34. The number of sulfonamides is 1. The molecule has 1 aliphatic rings. The quantitative estimate of drug-likeness (QED) is 0.320. The lowest BCUT2D eigenvalue weighted by atomic mass is 9.99. The SMILES string of the molecule is Cc1cc2nc(Nc3ccc(S(=O)(=O)N(C)CCN4CCCC4)cc3)nnc2cc1-c1cc(O)ccc1Cl. The predicted octanol–water partition coefficient (Wildman–Crippen LogP) is 4.82. The summed E-state index contributed by atoms with van der Waals surface area (Å²) in [6, 6.07) is 15.1. The van der Waals surface area contributed by atoms with Gasteiger partial charge in [-0.2, -0.15) is 4.31 Å². The molecular weight excluding hydrogens is 524 g/mol. The van der Waals surface area contributed by atoms with Crippen molar-refractivity contribution in [2.75, 3.05) is 38.5 Å². The lowest BCUT2D eigenvalue weighted by molar-refractivity contribution is 0.310. The molecule has 1 aliphatic heterocycles. The number of aryl methyl sites for hydroxylation is 1. The van der Waals surface area contributed by atoms with Gasteiger partial charge in [-0.3, -0.25) is 0 Å². The topological polar surface area (TPSA) is 112 Å². The molecule has 2 N–H and O–H groups in total. The molecule has 0 radical (unpaired) electrons. The second-order valence-corrected chi connectivity index (χ2v) is 11.9. The van der Waals surface area contributed by atoms with Crippen LogP contribution in [0, 0.1) is 6.92 Å². The molecule has 1 aromatic heterocycles. The van der Waals surface area contributed by atoms with E-state index in [4.69, 9.17) is 11.6 Å². The van der Waals surface area contributed by atoms with E-state index >= 15 is 0 Å². The Kier molecular flexibility index (Phi) is 7.49. The number of likely N-dealkylation sites (N-methyl/N-ethyl adjacent to an activating group) is 1. The number of fused-ring (bicyclic) bond motifs is 1. The first-order valence-electron chi connectivity index (χ1n) is 12.4. The molecule has 2 heterocycles. The van der Waals surface area contributed by atoms with Gasteiger partial charge in [0.1, 0.15) is 11.3 Å². The third kappa shape index (κ3) is 5.58. The van der Waals surface area contributed by atoms with Crippen molar-refractivity contribution in [2.24, 2.45) is 0 Å². The van der Waals surface area contributed by atoms with Gasteiger partial charge >= 0.3 is 0 Å². The molecule has 11 heteroatoms. The zero-order valence-corrected chi connectivity index (χ0v) is 22.8. The molecule has 0 aliphatic carbocycles. The number of aromatic hydroxyl groups is 1. The fourth-order valence-electron chi connectivity index (χ4n) is 4.58. The first-order valence-corrected chi connectivity index (χ1v) is 14.2. The van der Waals surface area contributed by atoms with Gasteiger partial charge in [-0.15, -0.1) is 10.2 Å². The third-order valence-corrected chi connectivity index (χ3v) is 8.99. The van der Waals surface area contributed by atoms with Crippen molar-refractivity contribution in [2.45, 2.75) is 24.7 Å². The molecule has 0 bridgehead atoms. The van der Waals surface area contributed by atoms with Gasteiger partial charge in [0, 0.05) is 36.4 Å². The van der Waals surface area contributed by atoms with Crippen LogP contribution in [0.3, 0.4) is 0 Å². The van der Waals surface area contributed by atoms with Gasteiger partial charge in [0.2, 0.25) is 16.0 Å². The smallest absolute Gasteiger partial charge is 0.247 e. The number of hydrogen-bond acceptors (Lipinski definition) is 8. The molecule has 0 unspecified atom stereocenters. The number of nitrogens with one attached hydrogen (secondary N) is 1. The summed E-state index contributed by atoms with van der Waals surface area (Å²) in [5.74, 6) is 0.415. The van der Waals surface area contributed by atoms with Crippen LogP contribution >= 0.6 is 11.6 Å². The van der Waals surface area contributed by atoms with Crippen molar-refractivity contribution in [1.82, 2.24) is 24.4 Å². The summed E-state index contributed by atoms with van der Waals surface area (Å²) >= 11 is 6.35. The maximum absolute atomic E-state index is 13.0. The Labute approximate surface area is 227 Å². The number of phenolic OH excluding ortho intramolecular Hbond substituents is 1. The minimum absolute atomic E-state index is 0.125. The van der Waals surface area contributed by atoms with Crippen molar-refractivity contribution in [3.8, 4) is 16.9 Å². The van der Waals surface area contributed by atoms with Crippen LogP contribution in [0.2, 0.25) is 5.02 Å². The molecule has 1 saturated heterocycles. The van der Waals surface area contributed by atoms with Crippen molar-refractivity contribution in [1.29, 1.82) is 0 Å². The summed E-state index contributed by atoms with van der Waals surface area (Å²) in [7, 11) is -1.96. The molecule has 3 aromatic carbocycles. The summed E-state index contributed by atoms with van der Waals surface area (Å²) in [4.78, 5) is 7.10.